The number of benzene rings is 1. The average Bonchev–Trinajstić information content (AvgIpc) is 3.14. The molecule has 0 radical (unpaired) electrons. The van der Waals surface area contributed by atoms with Crippen molar-refractivity contribution in [1.29, 1.82) is 0 Å². The van der Waals surface area contributed by atoms with Gasteiger partial charge in [-0.3, -0.25) is 4.90 Å². The fraction of sp³-hybridized carbons (Fsp3) is 0.455. The van der Waals surface area contributed by atoms with Gasteiger partial charge in [-0.15, -0.1) is 11.3 Å². The Morgan fingerprint density at radius 3 is 3.00 bits per heavy atom. The second-order valence-electron chi connectivity index (χ2n) is 8.02. The molecule has 0 amide bonds. The van der Waals surface area contributed by atoms with Crippen LogP contribution in [0.3, 0.4) is 0 Å². The Bertz CT molecular complexity index is 973. The lowest BCUT2D eigenvalue weighted by Crippen LogP contribution is -2.45. The van der Waals surface area contributed by atoms with Crippen LogP contribution >= 0.6 is 11.3 Å². The maximum Gasteiger partial charge on any atom is 0.125 e. The van der Waals surface area contributed by atoms with E-state index in [1.54, 1.807) is 0 Å². The molecule has 4 heteroatoms. The van der Waals surface area contributed by atoms with Crippen molar-refractivity contribution in [3.05, 3.63) is 58.0 Å². The summed E-state index contributed by atoms with van der Waals surface area (Å²) < 4.78 is 1.42. The van der Waals surface area contributed by atoms with Gasteiger partial charge in [-0.25, -0.2) is 9.97 Å². The Kier molecular flexibility index (Phi) is 3.87. The van der Waals surface area contributed by atoms with Crippen LogP contribution in [0.4, 0.5) is 0 Å². The Morgan fingerprint density at radius 1 is 1.19 bits per heavy atom. The molecular formula is C22H25N3S. The van der Waals surface area contributed by atoms with E-state index in [0.717, 1.165) is 25.3 Å². The molecule has 1 spiro atoms. The molecule has 0 bridgehead atoms. The SMILES string of the molecule is Cc1ncc2c(n1)C1(CCCN(Cc3c(C)sc4ccccc34)C1)CC2. The molecule has 2 aromatic heterocycles. The Morgan fingerprint density at radius 2 is 2.08 bits per heavy atom. The lowest BCUT2D eigenvalue weighted by atomic mass is 9.77. The number of hydrogen-bond acceptors (Lipinski definition) is 4. The van der Waals surface area contributed by atoms with Crippen LogP contribution < -0.4 is 0 Å². The molecule has 26 heavy (non-hydrogen) atoms. The Balaban J connectivity index is 1.46. The van der Waals surface area contributed by atoms with E-state index in [4.69, 9.17) is 4.98 Å². The number of nitrogens with zero attached hydrogens (tertiary/aromatic N) is 3. The van der Waals surface area contributed by atoms with Crippen LogP contribution in [0.15, 0.2) is 30.5 Å². The summed E-state index contributed by atoms with van der Waals surface area (Å²) >= 11 is 1.93. The first kappa shape index (κ1) is 16.4. The number of hydrogen-bond donors (Lipinski definition) is 0. The summed E-state index contributed by atoms with van der Waals surface area (Å²) in [7, 11) is 0. The van der Waals surface area contributed by atoms with Gasteiger partial charge in [0.2, 0.25) is 0 Å². The van der Waals surface area contributed by atoms with Crippen molar-refractivity contribution in [3.8, 4) is 0 Å². The van der Waals surface area contributed by atoms with Crippen molar-refractivity contribution in [2.24, 2.45) is 0 Å². The van der Waals surface area contributed by atoms with Gasteiger partial charge in [-0.1, -0.05) is 18.2 Å². The maximum atomic E-state index is 4.89. The molecule has 3 nitrogen and oxygen atoms in total. The predicted octanol–water partition coefficient (Wildman–Crippen LogP) is 4.79. The zero-order valence-corrected chi connectivity index (χ0v) is 16.4. The minimum absolute atomic E-state index is 0.251. The van der Waals surface area contributed by atoms with Crippen LogP contribution in [-0.2, 0) is 18.4 Å². The molecule has 134 valence electrons. The number of fused-ring (bicyclic) bond motifs is 3. The average molecular weight is 364 g/mol. The first-order chi connectivity index (χ1) is 12.6. The van der Waals surface area contributed by atoms with Crippen LogP contribution in [0.25, 0.3) is 10.1 Å². The molecule has 0 N–H and O–H groups in total. The van der Waals surface area contributed by atoms with Gasteiger partial charge in [0.1, 0.15) is 5.82 Å². The highest BCUT2D eigenvalue weighted by Gasteiger charge is 2.43. The summed E-state index contributed by atoms with van der Waals surface area (Å²) in [5.74, 6) is 0.918. The monoisotopic (exact) mass is 363 g/mol. The van der Waals surface area contributed by atoms with Gasteiger partial charge in [-0.2, -0.15) is 0 Å². The zero-order chi connectivity index (χ0) is 17.7. The molecule has 1 aliphatic carbocycles. The summed E-state index contributed by atoms with van der Waals surface area (Å²) in [6.45, 7) is 7.71. The van der Waals surface area contributed by atoms with Crippen molar-refractivity contribution in [1.82, 2.24) is 14.9 Å². The minimum atomic E-state index is 0.251. The van der Waals surface area contributed by atoms with E-state index < -0.39 is 0 Å². The molecule has 1 atom stereocenters. The molecule has 1 aliphatic heterocycles. The number of aromatic nitrogens is 2. The van der Waals surface area contributed by atoms with Gasteiger partial charge in [0.05, 0.1) is 5.69 Å². The molecule has 0 saturated carbocycles. The smallest absolute Gasteiger partial charge is 0.125 e. The number of rotatable bonds is 2. The van der Waals surface area contributed by atoms with E-state index in [2.05, 4.69) is 47.3 Å². The predicted molar refractivity (Wildman–Crippen MR) is 108 cm³/mol. The minimum Gasteiger partial charge on any atom is -0.298 e. The third-order valence-electron chi connectivity index (χ3n) is 6.30. The van der Waals surface area contributed by atoms with Gasteiger partial charge in [-0.05, 0) is 68.7 Å². The van der Waals surface area contributed by atoms with Crippen molar-refractivity contribution < 1.29 is 0 Å². The quantitative estimate of drug-likeness (QED) is 0.655. The second-order valence-corrected chi connectivity index (χ2v) is 9.27. The molecule has 1 fully saturated rings. The van der Waals surface area contributed by atoms with Gasteiger partial charge in [0.15, 0.2) is 0 Å². The van der Waals surface area contributed by atoms with E-state index in [-0.39, 0.29) is 5.41 Å². The van der Waals surface area contributed by atoms with E-state index in [9.17, 15) is 0 Å². The van der Waals surface area contributed by atoms with Crippen LogP contribution in [0.1, 0.15) is 46.8 Å². The summed E-state index contributed by atoms with van der Waals surface area (Å²) in [5, 5.41) is 1.44. The van der Waals surface area contributed by atoms with Gasteiger partial charge >= 0.3 is 0 Å². The summed E-state index contributed by atoms with van der Waals surface area (Å²) in [5.41, 5.74) is 4.51. The first-order valence-corrected chi connectivity index (χ1v) is 10.5. The number of piperidine rings is 1. The summed E-state index contributed by atoms with van der Waals surface area (Å²) in [4.78, 5) is 13.5. The van der Waals surface area contributed by atoms with E-state index in [0.29, 0.717) is 0 Å². The molecule has 2 aliphatic rings. The molecule has 1 saturated heterocycles. The largest absolute Gasteiger partial charge is 0.298 e. The standard InChI is InChI=1S/C22H25N3S/c1-15-19(18-6-3-4-7-20(18)26-15)13-25-11-5-9-22(14-25)10-8-17-12-23-16(2)24-21(17)22/h3-4,6-7,12H,5,8-11,13-14H2,1-2H3. The maximum absolute atomic E-state index is 4.89. The van der Waals surface area contributed by atoms with Crippen LogP contribution in [0.2, 0.25) is 0 Å². The van der Waals surface area contributed by atoms with Crippen molar-refractivity contribution in [2.75, 3.05) is 13.1 Å². The number of aryl methyl sites for hydroxylation is 3. The van der Waals surface area contributed by atoms with E-state index >= 15 is 0 Å². The van der Waals surface area contributed by atoms with E-state index in [1.807, 2.05) is 18.3 Å². The highest BCUT2D eigenvalue weighted by molar-refractivity contribution is 7.19. The van der Waals surface area contributed by atoms with Gasteiger partial charge in [0, 0.05) is 34.3 Å². The van der Waals surface area contributed by atoms with Crippen molar-refractivity contribution in [2.45, 2.75) is 51.5 Å². The normalized spacial score (nSPS) is 23.0. The lowest BCUT2D eigenvalue weighted by molar-refractivity contribution is 0.137. The number of thiophene rings is 1. The van der Waals surface area contributed by atoms with E-state index in [1.165, 1.54) is 57.6 Å². The zero-order valence-electron chi connectivity index (χ0n) is 15.6. The van der Waals surface area contributed by atoms with Crippen molar-refractivity contribution in [3.63, 3.8) is 0 Å². The Labute approximate surface area is 159 Å². The van der Waals surface area contributed by atoms with Gasteiger partial charge < -0.3 is 0 Å². The fourth-order valence-corrected chi connectivity index (χ4v) is 6.11. The van der Waals surface area contributed by atoms with Crippen LogP contribution in [0, 0.1) is 13.8 Å². The van der Waals surface area contributed by atoms with Crippen LogP contribution in [-0.4, -0.2) is 28.0 Å². The molecule has 1 aromatic carbocycles. The third-order valence-corrected chi connectivity index (χ3v) is 7.43. The van der Waals surface area contributed by atoms with Crippen LogP contribution in [0.5, 0.6) is 0 Å². The molecule has 1 unspecified atom stereocenters. The fourth-order valence-electron chi connectivity index (χ4n) is 5.03. The number of likely N-dealkylation sites (tertiary alicyclic amines) is 1. The second kappa shape index (κ2) is 6.14. The van der Waals surface area contributed by atoms with Crippen molar-refractivity contribution >= 4 is 21.4 Å². The summed E-state index contributed by atoms with van der Waals surface area (Å²) in [6.07, 6.45) is 6.99. The molecule has 5 rings (SSSR count). The molecule has 3 aromatic rings. The molecule has 3 heterocycles. The molecular weight excluding hydrogens is 338 g/mol. The highest BCUT2D eigenvalue weighted by atomic mass is 32.1. The first-order valence-electron chi connectivity index (χ1n) is 9.67. The highest BCUT2D eigenvalue weighted by Crippen LogP contribution is 2.44. The third kappa shape index (κ3) is 2.58. The Hall–Kier alpha value is -1.78. The lowest BCUT2D eigenvalue weighted by Gasteiger charge is -2.40. The topological polar surface area (TPSA) is 29.0 Å². The summed E-state index contributed by atoms with van der Waals surface area (Å²) in [6, 6.07) is 8.86. The van der Waals surface area contributed by atoms with Gasteiger partial charge in [0.25, 0.3) is 0 Å².